The summed E-state index contributed by atoms with van der Waals surface area (Å²) in [7, 11) is 0. The molecule has 1 aromatic carbocycles. The molecule has 0 amide bonds. The third-order valence-corrected chi connectivity index (χ3v) is 2.18. The van der Waals surface area contributed by atoms with Gasteiger partial charge in [-0.15, -0.1) is 0 Å². The lowest BCUT2D eigenvalue weighted by Gasteiger charge is -2.13. The lowest BCUT2D eigenvalue weighted by Crippen LogP contribution is -2.13. The number of hydrogen-bond acceptors (Lipinski definition) is 2. The Labute approximate surface area is 92.2 Å². The van der Waals surface area contributed by atoms with Crippen molar-refractivity contribution in [2.24, 2.45) is 0 Å². The van der Waals surface area contributed by atoms with Crippen LogP contribution in [0.25, 0.3) is 0 Å². The van der Waals surface area contributed by atoms with Crippen molar-refractivity contribution in [3.63, 3.8) is 0 Å². The first-order valence-corrected chi connectivity index (χ1v) is 5.60. The van der Waals surface area contributed by atoms with Gasteiger partial charge >= 0.3 is 0 Å². The summed E-state index contributed by atoms with van der Waals surface area (Å²) in [5.41, 5.74) is 1.18. The van der Waals surface area contributed by atoms with Crippen LogP contribution < -0.4 is 0 Å². The van der Waals surface area contributed by atoms with Gasteiger partial charge in [0.25, 0.3) is 0 Å². The maximum absolute atomic E-state index is 5.55. The molecule has 1 atom stereocenters. The van der Waals surface area contributed by atoms with Crippen molar-refractivity contribution >= 4 is 0 Å². The molecule has 2 heteroatoms. The third kappa shape index (κ3) is 5.55. The molecule has 0 saturated heterocycles. The molecule has 1 rings (SSSR count). The Morgan fingerprint density at radius 3 is 2.53 bits per heavy atom. The van der Waals surface area contributed by atoms with E-state index >= 15 is 0 Å². The molecule has 0 saturated carbocycles. The fourth-order valence-corrected chi connectivity index (χ4v) is 1.23. The molecule has 0 unspecified atom stereocenters. The average molecular weight is 208 g/mol. The Bertz CT molecular complexity index is 246. The predicted octanol–water partition coefficient (Wildman–Crippen LogP) is 3.37. The highest BCUT2D eigenvalue weighted by molar-refractivity contribution is 5.13. The van der Waals surface area contributed by atoms with Gasteiger partial charge in [-0.2, -0.15) is 0 Å². The second-order valence-electron chi connectivity index (χ2n) is 3.59. The molecule has 84 valence electrons. The van der Waals surface area contributed by atoms with Crippen LogP contribution in [0.3, 0.4) is 0 Å². The molecular formula is C13H20O2. The molecule has 0 spiro atoms. The van der Waals surface area contributed by atoms with Crippen LogP contribution >= 0.6 is 0 Å². The second-order valence-corrected chi connectivity index (χ2v) is 3.59. The molecular weight excluding hydrogens is 188 g/mol. The number of hydrogen-bond donors (Lipinski definition) is 0. The van der Waals surface area contributed by atoms with Crippen LogP contribution in [-0.2, 0) is 16.1 Å². The summed E-state index contributed by atoms with van der Waals surface area (Å²) in [6.45, 7) is 5.50. The average Bonchev–Trinajstić information content (AvgIpc) is 2.28. The number of ether oxygens (including phenoxy) is 2. The van der Waals surface area contributed by atoms with E-state index in [1.54, 1.807) is 0 Å². The zero-order valence-electron chi connectivity index (χ0n) is 9.61. The maximum atomic E-state index is 5.55. The first kappa shape index (κ1) is 12.2. The topological polar surface area (TPSA) is 18.5 Å². The van der Waals surface area contributed by atoms with Gasteiger partial charge in [0.15, 0.2) is 6.29 Å². The highest BCUT2D eigenvalue weighted by atomic mass is 16.7. The van der Waals surface area contributed by atoms with Gasteiger partial charge in [0.2, 0.25) is 0 Å². The minimum atomic E-state index is -0.114. The van der Waals surface area contributed by atoms with Gasteiger partial charge in [-0.05, 0) is 18.9 Å². The van der Waals surface area contributed by atoms with E-state index in [0.29, 0.717) is 6.61 Å². The maximum Gasteiger partial charge on any atom is 0.155 e. The highest BCUT2D eigenvalue weighted by Crippen LogP contribution is 2.04. The fourth-order valence-electron chi connectivity index (χ4n) is 1.23. The zero-order valence-corrected chi connectivity index (χ0v) is 9.61. The molecule has 0 heterocycles. The fraction of sp³-hybridized carbons (Fsp3) is 0.538. The predicted molar refractivity (Wildman–Crippen MR) is 61.6 cm³/mol. The van der Waals surface area contributed by atoms with Crippen molar-refractivity contribution in [3.05, 3.63) is 35.9 Å². The van der Waals surface area contributed by atoms with Crippen LogP contribution in [0.4, 0.5) is 0 Å². The van der Waals surface area contributed by atoms with Crippen molar-refractivity contribution in [2.75, 3.05) is 6.61 Å². The molecule has 0 aliphatic heterocycles. The lowest BCUT2D eigenvalue weighted by molar-refractivity contribution is -0.138. The van der Waals surface area contributed by atoms with E-state index in [-0.39, 0.29) is 6.29 Å². The summed E-state index contributed by atoms with van der Waals surface area (Å²) in [5.74, 6) is 0. The van der Waals surface area contributed by atoms with E-state index in [1.165, 1.54) is 5.56 Å². The molecule has 0 aliphatic rings. The molecule has 0 aromatic heterocycles. The smallest absolute Gasteiger partial charge is 0.155 e. The molecule has 1 aromatic rings. The van der Waals surface area contributed by atoms with Crippen molar-refractivity contribution in [1.82, 2.24) is 0 Å². The Hall–Kier alpha value is -0.860. The van der Waals surface area contributed by atoms with E-state index in [0.717, 1.165) is 19.4 Å². The number of benzene rings is 1. The lowest BCUT2D eigenvalue weighted by atomic mass is 10.2. The van der Waals surface area contributed by atoms with Gasteiger partial charge in [-0.1, -0.05) is 43.7 Å². The Kier molecular flexibility index (Phi) is 6.05. The van der Waals surface area contributed by atoms with Gasteiger partial charge < -0.3 is 9.47 Å². The first-order chi connectivity index (χ1) is 7.33. The monoisotopic (exact) mass is 208 g/mol. The molecule has 0 N–H and O–H groups in total. The van der Waals surface area contributed by atoms with Crippen molar-refractivity contribution < 1.29 is 9.47 Å². The SMILES string of the molecule is CCCCO[C@H](C)OCc1ccccc1. The summed E-state index contributed by atoms with van der Waals surface area (Å²) in [6, 6.07) is 10.1. The van der Waals surface area contributed by atoms with E-state index in [2.05, 4.69) is 19.1 Å². The van der Waals surface area contributed by atoms with E-state index in [9.17, 15) is 0 Å². The molecule has 2 nitrogen and oxygen atoms in total. The van der Waals surface area contributed by atoms with Crippen LogP contribution in [0.2, 0.25) is 0 Å². The van der Waals surface area contributed by atoms with E-state index in [4.69, 9.17) is 9.47 Å². The Morgan fingerprint density at radius 2 is 1.87 bits per heavy atom. The van der Waals surface area contributed by atoms with Gasteiger partial charge in [-0.25, -0.2) is 0 Å². The molecule has 0 bridgehead atoms. The quantitative estimate of drug-likeness (QED) is 0.505. The van der Waals surface area contributed by atoms with E-state index in [1.807, 2.05) is 25.1 Å². The number of rotatable bonds is 7. The van der Waals surface area contributed by atoms with Gasteiger partial charge in [0.1, 0.15) is 0 Å². The minimum Gasteiger partial charge on any atom is -0.353 e. The molecule has 0 fully saturated rings. The largest absolute Gasteiger partial charge is 0.353 e. The zero-order chi connectivity index (χ0) is 10.9. The van der Waals surface area contributed by atoms with Crippen molar-refractivity contribution in [2.45, 2.75) is 39.6 Å². The van der Waals surface area contributed by atoms with Crippen LogP contribution in [0.1, 0.15) is 32.3 Å². The van der Waals surface area contributed by atoms with Crippen LogP contribution in [0.15, 0.2) is 30.3 Å². The summed E-state index contributed by atoms with van der Waals surface area (Å²) >= 11 is 0. The standard InChI is InChI=1S/C13H20O2/c1-3-4-10-14-12(2)15-11-13-8-6-5-7-9-13/h5-9,12H,3-4,10-11H2,1-2H3/t12-/m0/s1. The van der Waals surface area contributed by atoms with Crippen molar-refractivity contribution in [1.29, 1.82) is 0 Å². The second kappa shape index (κ2) is 7.43. The molecule has 15 heavy (non-hydrogen) atoms. The Morgan fingerprint density at radius 1 is 1.13 bits per heavy atom. The summed E-state index contributed by atoms with van der Waals surface area (Å²) in [5, 5.41) is 0. The van der Waals surface area contributed by atoms with Gasteiger partial charge in [0, 0.05) is 6.61 Å². The highest BCUT2D eigenvalue weighted by Gasteiger charge is 2.01. The summed E-state index contributed by atoms with van der Waals surface area (Å²) in [4.78, 5) is 0. The first-order valence-electron chi connectivity index (χ1n) is 5.60. The molecule has 0 aliphatic carbocycles. The summed E-state index contributed by atoms with van der Waals surface area (Å²) < 4.78 is 11.0. The Balaban J connectivity index is 2.14. The van der Waals surface area contributed by atoms with Gasteiger partial charge in [0.05, 0.1) is 6.61 Å². The van der Waals surface area contributed by atoms with Crippen LogP contribution in [-0.4, -0.2) is 12.9 Å². The third-order valence-electron chi connectivity index (χ3n) is 2.18. The van der Waals surface area contributed by atoms with Gasteiger partial charge in [-0.3, -0.25) is 0 Å². The summed E-state index contributed by atoms with van der Waals surface area (Å²) in [6.07, 6.45) is 2.14. The van der Waals surface area contributed by atoms with Crippen molar-refractivity contribution in [3.8, 4) is 0 Å². The van der Waals surface area contributed by atoms with E-state index < -0.39 is 0 Å². The van der Waals surface area contributed by atoms with Crippen LogP contribution in [0, 0.1) is 0 Å². The minimum absolute atomic E-state index is 0.114. The molecule has 0 radical (unpaired) electrons. The number of unbranched alkanes of at least 4 members (excludes halogenated alkanes) is 1. The normalized spacial score (nSPS) is 12.7. The van der Waals surface area contributed by atoms with Crippen LogP contribution in [0.5, 0.6) is 0 Å².